The summed E-state index contributed by atoms with van der Waals surface area (Å²) in [5.74, 6) is -0.179. The lowest BCUT2D eigenvalue weighted by atomic mass is 10.3. The van der Waals surface area contributed by atoms with Crippen LogP contribution in [-0.2, 0) is 5.75 Å². The molecule has 5 heteroatoms. The molecule has 2 aromatic heterocycles. The number of hydrogen-bond donors (Lipinski definition) is 1. The Bertz CT molecular complexity index is 482. The Morgan fingerprint density at radius 1 is 1.50 bits per heavy atom. The van der Waals surface area contributed by atoms with Gasteiger partial charge in [0, 0.05) is 11.9 Å². The summed E-state index contributed by atoms with van der Waals surface area (Å²) >= 11 is 3.08. The summed E-state index contributed by atoms with van der Waals surface area (Å²) in [6.45, 7) is 0. The highest BCUT2D eigenvalue weighted by atomic mass is 32.2. The summed E-state index contributed by atoms with van der Waals surface area (Å²) in [5, 5.41) is 13.6. The molecule has 0 bridgehead atoms. The lowest BCUT2D eigenvalue weighted by Crippen LogP contribution is -2.00. The van der Waals surface area contributed by atoms with E-state index < -0.39 is 5.97 Å². The van der Waals surface area contributed by atoms with Crippen LogP contribution >= 0.6 is 23.1 Å². The summed E-state index contributed by atoms with van der Waals surface area (Å²) < 4.78 is 0. The van der Waals surface area contributed by atoms with Crippen LogP contribution in [0.3, 0.4) is 0 Å². The lowest BCUT2D eigenvalue weighted by Gasteiger charge is -2.02. The van der Waals surface area contributed by atoms with Crippen molar-refractivity contribution in [2.24, 2.45) is 0 Å². The smallest absolute Gasteiger partial charge is 0.338 e. The molecule has 0 fully saturated rings. The number of nitrogens with zero attached hydrogens (tertiary/aromatic N) is 1. The molecule has 2 heterocycles. The number of carboxylic acids is 1. The minimum absolute atomic E-state index is 0.266. The van der Waals surface area contributed by atoms with Crippen molar-refractivity contribution in [3.8, 4) is 0 Å². The van der Waals surface area contributed by atoms with Gasteiger partial charge >= 0.3 is 5.97 Å². The molecule has 82 valence electrons. The number of rotatable bonds is 4. The normalized spacial score (nSPS) is 10.2. The molecule has 2 rings (SSSR count). The third kappa shape index (κ3) is 2.62. The van der Waals surface area contributed by atoms with E-state index in [1.54, 1.807) is 29.7 Å². The molecule has 1 N–H and O–H groups in total. The van der Waals surface area contributed by atoms with Gasteiger partial charge < -0.3 is 5.11 Å². The van der Waals surface area contributed by atoms with Crippen LogP contribution in [0.25, 0.3) is 0 Å². The maximum absolute atomic E-state index is 10.9. The minimum atomic E-state index is -0.930. The Balaban J connectivity index is 2.12. The monoisotopic (exact) mass is 251 g/mol. The highest BCUT2D eigenvalue weighted by molar-refractivity contribution is 7.98. The van der Waals surface area contributed by atoms with E-state index in [1.807, 2.05) is 11.4 Å². The maximum Gasteiger partial charge on any atom is 0.338 e. The molecule has 0 amide bonds. The van der Waals surface area contributed by atoms with E-state index in [0.717, 1.165) is 5.75 Å². The number of hydrogen-bond acceptors (Lipinski definition) is 4. The van der Waals surface area contributed by atoms with Crippen molar-refractivity contribution in [1.82, 2.24) is 4.98 Å². The maximum atomic E-state index is 10.9. The van der Waals surface area contributed by atoms with Gasteiger partial charge in [0.15, 0.2) is 0 Å². The molecule has 2 aromatic rings. The fraction of sp³-hybridized carbons (Fsp3) is 0.0909. The number of carbonyl (C=O) groups is 1. The van der Waals surface area contributed by atoms with Crippen LogP contribution in [-0.4, -0.2) is 16.1 Å². The fourth-order valence-electron chi connectivity index (χ4n) is 1.20. The van der Waals surface area contributed by atoms with Crippen LogP contribution < -0.4 is 0 Å². The summed E-state index contributed by atoms with van der Waals surface area (Å²) in [7, 11) is 0. The summed E-state index contributed by atoms with van der Waals surface area (Å²) in [4.78, 5) is 15.0. The molecule has 0 aliphatic heterocycles. The number of thiophene rings is 1. The first-order valence-corrected chi connectivity index (χ1v) is 6.52. The zero-order valence-corrected chi connectivity index (χ0v) is 9.92. The number of pyridine rings is 1. The molecule has 16 heavy (non-hydrogen) atoms. The van der Waals surface area contributed by atoms with E-state index >= 15 is 0 Å². The van der Waals surface area contributed by atoms with Crippen molar-refractivity contribution in [3.63, 3.8) is 0 Å². The highest BCUT2D eigenvalue weighted by Crippen LogP contribution is 2.24. The first-order chi connectivity index (χ1) is 7.77. The van der Waals surface area contributed by atoms with E-state index in [1.165, 1.54) is 17.3 Å². The molecule has 0 radical (unpaired) electrons. The second-order valence-electron chi connectivity index (χ2n) is 3.08. The average Bonchev–Trinajstić information content (AvgIpc) is 2.79. The molecule has 0 aliphatic rings. The van der Waals surface area contributed by atoms with Crippen LogP contribution in [0.15, 0.2) is 40.2 Å². The molecule has 0 atom stereocenters. The van der Waals surface area contributed by atoms with Gasteiger partial charge in [-0.1, -0.05) is 0 Å². The first-order valence-electron chi connectivity index (χ1n) is 4.59. The number of carboxylic acid groups (broad SMARTS) is 1. The minimum Gasteiger partial charge on any atom is -0.478 e. The standard InChI is InChI=1S/C11H9NO2S2/c13-11(14)9-2-1-4-12-10(9)16-7-8-3-5-15-6-8/h1-6H,7H2,(H,13,14). The predicted octanol–water partition coefficient (Wildman–Crippen LogP) is 3.13. The van der Waals surface area contributed by atoms with Crippen LogP contribution in [0.1, 0.15) is 15.9 Å². The van der Waals surface area contributed by atoms with Gasteiger partial charge in [-0.05, 0) is 34.5 Å². The predicted molar refractivity (Wildman–Crippen MR) is 65.1 cm³/mol. The van der Waals surface area contributed by atoms with Crippen molar-refractivity contribution in [3.05, 3.63) is 46.3 Å². The van der Waals surface area contributed by atoms with Crippen LogP contribution in [0.4, 0.5) is 0 Å². The van der Waals surface area contributed by atoms with E-state index in [9.17, 15) is 4.79 Å². The van der Waals surface area contributed by atoms with Crippen molar-refractivity contribution in [1.29, 1.82) is 0 Å². The number of aromatic nitrogens is 1. The van der Waals surface area contributed by atoms with Crippen molar-refractivity contribution in [2.45, 2.75) is 10.8 Å². The molecule has 0 aromatic carbocycles. The van der Waals surface area contributed by atoms with Gasteiger partial charge in [-0.2, -0.15) is 11.3 Å². The summed E-state index contributed by atoms with van der Waals surface area (Å²) in [6.07, 6.45) is 1.61. The Labute approximate surface area is 101 Å². The first kappa shape index (κ1) is 11.2. The zero-order chi connectivity index (χ0) is 11.4. The Kier molecular flexibility index (Phi) is 3.58. The third-order valence-electron chi connectivity index (χ3n) is 1.96. The van der Waals surface area contributed by atoms with Gasteiger partial charge in [0.1, 0.15) is 5.03 Å². The number of thioether (sulfide) groups is 1. The largest absolute Gasteiger partial charge is 0.478 e. The van der Waals surface area contributed by atoms with Gasteiger partial charge in [-0.25, -0.2) is 9.78 Å². The number of aromatic carboxylic acids is 1. The Hall–Kier alpha value is -1.33. The van der Waals surface area contributed by atoms with E-state index in [2.05, 4.69) is 10.4 Å². The van der Waals surface area contributed by atoms with E-state index in [0.29, 0.717) is 5.03 Å². The van der Waals surface area contributed by atoms with Gasteiger partial charge in [-0.3, -0.25) is 0 Å². The van der Waals surface area contributed by atoms with Gasteiger partial charge in [0.2, 0.25) is 0 Å². The quantitative estimate of drug-likeness (QED) is 0.848. The lowest BCUT2D eigenvalue weighted by molar-refractivity contribution is 0.0692. The zero-order valence-electron chi connectivity index (χ0n) is 8.29. The summed E-state index contributed by atoms with van der Waals surface area (Å²) in [5.41, 5.74) is 1.46. The fourth-order valence-corrected chi connectivity index (χ4v) is 2.90. The average molecular weight is 251 g/mol. The van der Waals surface area contributed by atoms with Gasteiger partial charge in [-0.15, -0.1) is 11.8 Å². The SMILES string of the molecule is O=C(O)c1cccnc1SCc1ccsc1. The van der Waals surface area contributed by atoms with Crippen LogP contribution in [0, 0.1) is 0 Å². The van der Waals surface area contributed by atoms with Crippen molar-refractivity contribution >= 4 is 29.1 Å². The Morgan fingerprint density at radius 2 is 2.38 bits per heavy atom. The molecule has 0 saturated carbocycles. The Morgan fingerprint density at radius 3 is 3.06 bits per heavy atom. The van der Waals surface area contributed by atoms with Crippen molar-refractivity contribution in [2.75, 3.05) is 0 Å². The van der Waals surface area contributed by atoms with Gasteiger partial charge in [0.25, 0.3) is 0 Å². The van der Waals surface area contributed by atoms with Gasteiger partial charge in [0.05, 0.1) is 5.56 Å². The van der Waals surface area contributed by atoms with E-state index in [4.69, 9.17) is 5.11 Å². The second-order valence-corrected chi connectivity index (χ2v) is 4.83. The molecular weight excluding hydrogens is 242 g/mol. The topological polar surface area (TPSA) is 50.2 Å². The second kappa shape index (κ2) is 5.14. The molecular formula is C11H9NO2S2. The van der Waals surface area contributed by atoms with Crippen molar-refractivity contribution < 1.29 is 9.90 Å². The van der Waals surface area contributed by atoms with Crippen LogP contribution in [0.2, 0.25) is 0 Å². The van der Waals surface area contributed by atoms with E-state index in [-0.39, 0.29) is 5.56 Å². The van der Waals surface area contributed by atoms with Crippen LogP contribution in [0.5, 0.6) is 0 Å². The molecule has 0 aliphatic carbocycles. The molecule has 0 unspecified atom stereocenters. The third-order valence-corrected chi connectivity index (χ3v) is 3.77. The molecule has 0 spiro atoms. The highest BCUT2D eigenvalue weighted by Gasteiger charge is 2.10. The molecule has 0 saturated heterocycles. The molecule has 3 nitrogen and oxygen atoms in total. The summed E-state index contributed by atoms with van der Waals surface area (Å²) in [6, 6.07) is 5.24.